The molecule has 0 aliphatic carbocycles. The van der Waals surface area contributed by atoms with Crippen LogP contribution in [0.25, 0.3) is 0 Å². The van der Waals surface area contributed by atoms with E-state index in [9.17, 15) is 13.2 Å². The molecule has 19 heavy (non-hydrogen) atoms. The topological polar surface area (TPSA) is 24.9 Å². The smallest absolute Gasteiger partial charge is 0.340 e. The number of pyridine rings is 1. The number of alkyl halides is 3. The highest BCUT2D eigenvalue weighted by atomic mass is 79.9. The summed E-state index contributed by atoms with van der Waals surface area (Å²) in [4.78, 5) is 4.18. The summed E-state index contributed by atoms with van der Waals surface area (Å²) in [6, 6.07) is 8.61. The number of aryl methyl sites for hydroxylation is 1. The van der Waals surface area contributed by atoms with E-state index in [0.29, 0.717) is 16.1 Å². The first-order chi connectivity index (χ1) is 8.86. The van der Waals surface area contributed by atoms with Crippen molar-refractivity contribution in [1.29, 1.82) is 0 Å². The van der Waals surface area contributed by atoms with Gasteiger partial charge in [0, 0.05) is 5.69 Å². The molecule has 0 saturated heterocycles. The minimum Gasteiger partial charge on any atom is -0.340 e. The number of hydrogen-bond acceptors (Lipinski definition) is 2. The maximum atomic E-state index is 12.6. The quantitative estimate of drug-likeness (QED) is 0.791. The van der Waals surface area contributed by atoms with Crippen LogP contribution in [0.4, 0.5) is 24.7 Å². The van der Waals surface area contributed by atoms with Gasteiger partial charge in [0.1, 0.15) is 10.4 Å². The SMILES string of the molecule is Cc1ccc(Br)nc1Nc1cccc(C(F)(F)F)c1. The Morgan fingerprint density at radius 2 is 1.89 bits per heavy atom. The molecule has 0 unspecified atom stereocenters. The molecular formula is C13H10BrF3N2. The molecule has 0 aliphatic heterocycles. The van der Waals surface area contributed by atoms with E-state index in [2.05, 4.69) is 26.2 Å². The van der Waals surface area contributed by atoms with Gasteiger partial charge in [-0.05, 0) is 52.7 Å². The minimum atomic E-state index is -4.35. The Bertz CT molecular complexity index is 597. The van der Waals surface area contributed by atoms with E-state index in [0.717, 1.165) is 17.7 Å². The summed E-state index contributed by atoms with van der Waals surface area (Å²) < 4.78 is 38.4. The molecule has 2 aromatic rings. The number of rotatable bonds is 2. The Balaban J connectivity index is 2.31. The van der Waals surface area contributed by atoms with Gasteiger partial charge >= 0.3 is 6.18 Å². The van der Waals surface area contributed by atoms with E-state index in [1.54, 1.807) is 12.1 Å². The minimum absolute atomic E-state index is 0.350. The summed E-state index contributed by atoms with van der Waals surface area (Å²) in [5.41, 5.74) is 0.509. The third-order valence-corrected chi connectivity index (χ3v) is 2.96. The number of aromatic nitrogens is 1. The van der Waals surface area contributed by atoms with Crippen LogP contribution in [-0.4, -0.2) is 4.98 Å². The second-order valence-electron chi connectivity index (χ2n) is 4.00. The van der Waals surface area contributed by atoms with Crippen LogP contribution in [0.2, 0.25) is 0 Å². The van der Waals surface area contributed by atoms with E-state index in [-0.39, 0.29) is 0 Å². The third kappa shape index (κ3) is 3.47. The molecule has 6 heteroatoms. The van der Waals surface area contributed by atoms with Gasteiger partial charge < -0.3 is 5.32 Å². The van der Waals surface area contributed by atoms with Gasteiger partial charge in [-0.2, -0.15) is 13.2 Å². The summed E-state index contributed by atoms with van der Waals surface area (Å²) in [7, 11) is 0. The normalized spacial score (nSPS) is 11.4. The van der Waals surface area contributed by atoms with E-state index in [1.165, 1.54) is 6.07 Å². The van der Waals surface area contributed by atoms with E-state index in [1.807, 2.05) is 13.0 Å². The van der Waals surface area contributed by atoms with Crippen molar-refractivity contribution < 1.29 is 13.2 Å². The Labute approximate surface area is 116 Å². The lowest BCUT2D eigenvalue weighted by atomic mass is 10.2. The molecule has 0 atom stereocenters. The van der Waals surface area contributed by atoms with Gasteiger partial charge in [-0.25, -0.2) is 4.98 Å². The average molecular weight is 331 g/mol. The largest absolute Gasteiger partial charge is 0.416 e. The molecule has 0 radical (unpaired) electrons. The number of nitrogens with zero attached hydrogens (tertiary/aromatic N) is 1. The first-order valence-corrected chi connectivity index (χ1v) is 6.23. The number of anilines is 2. The molecule has 1 heterocycles. The zero-order chi connectivity index (χ0) is 14.0. The highest BCUT2D eigenvalue weighted by Gasteiger charge is 2.30. The fraction of sp³-hybridized carbons (Fsp3) is 0.154. The highest BCUT2D eigenvalue weighted by molar-refractivity contribution is 9.10. The van der Waals surface area contributed by atoms with Crippen LogP contribution in [-0.2, 0) is 6.18 Å². The lowest BCUT2D eigenvalue weighted by Gasteiger charge is -2.11. The summed E-state index contributed by atoms with van der Waals surface area (Å²) >= 11 is 3.22. The molecule has 0 spiro atoms. The summed E-state index contributed by atoms with van der Waals surface area (Å²) in [6.45, 7) is 1.83. The number of benzene rings is 1. The highest BCUT2D eigenvalue weighted by Crippen LogP contribution is 2.31. The first-order valence-electron chi connectivity index (χ1n) is 5.44. The fourth-order valence-electron chi connectivity index (χ4n) is 1.54. The van der Waals surface area contributed by atoms with Gasteiger partial charge in [-0.1, -0.05) is 12.1 Å². The van der Waals surface area contributed by atoms with Crippen molar-refractivity contribution in [3.8, 4) is 0 Å². The lowest BCUT2D eigenvalue weighted by Crippen LogP contribution is -2.05. The summed E-state index contributed by atoms with van der Waals surface area (Å²) in [5.74, 6) is 0.522. The van der Waals surface area contributed by atoms with Crippen molar-refractivity contribution in [1.82, 2.24) is 4.98 Å². The predicted molar refractivity (Wildman–Crippen MR) is 71.4 cm³/mol. The number of nitrogens with one attached hydrogen (secondary N) is 1. The van der Waals surface area contributed by atoms with Crippen LogP contribution >= 0.6 is 15.9 Å². The molecule has 100 valence electrons. The molecule has 0 saturated carbocycles. The molecule has 1 aromatic carbocycles. The van der Waals surface area contributed by atoms with Crippen LogP contribution in [0.1, 0.15) is 11.1 Å². The molecule has 0 amide bonds. The van der Waals surface area contributed by atoms with Gasteiger partial charge in [0.15, 0.2) is 0 Å². The third-order valence-electron chi connectivity index (χ3n) is 2.52. The zero-order valence-corrected chi connectivity index (χ0v) is 11.5. The Morgan fingerprint density at radius 1 is 1.16 bits per heavy atom. The van der Waals surface area contributed by atoms with Crippen molar-refractivity contribution in [2.75, 3.05) is 5.32 Å². The molecule has 1 aromatic heterocycles. The van der Waals surface area contributed by atoms with Crippen LogP contribution in [0.15, 0.2) is 41.0 Å². The molecule has 1 N–H and O–H groups in total. The van der Waals surface area contributed by atoms with E-state index in [4.69, 9.17) is 0 Å². The molecular weight excluding hydrogens is 321 g/mol. The standard InChI is InChI=1S/C13H10BrF3N2/c1-8-5-6-11(14)19-12(8)18-10-4-2-3-9(7-10)13(15,16)17/h2-7H,1H3,(H,18,19). The summed E-state index contributed by atoms with van der Waals surface area (Å²) in [5, 5.41) is 2.88. The van der Waals surface area contributed by atoms with Crippen LogP contribution < -0.4 is 5.32 Å². The van der Waals surface area contributed by atoms with Crippen molar-refractivity contribution in [2.45, 2.75) is 13.1 Å². The molecule has 0 fully saturated rings. The number of halogens is 4. The van der Waals surface area contributed by atoms with Gasteiger partial charge in [-0.15, -0.1) is 0 Å². The Morgan fingerprint density at radius 3 is 2.58 bits per heavy atom. The monoisotopic (exact) mass is 330 g/mol. The number of hydrogen-bond donors (Lipinski definition) is 1. The van der Waals surface area contributed by atoms with Crippen molar-refractivity contribution >= 4 is 27.4 Å². The Hall–Kier alpha value is -1.56. The fourth-order valence-corrected chi connectivity index (χ4v) is 1.85. The maximum Gasteiger partial charge on any atom is 0.416 e. The zero-order valence-electron chi connectivity index (χ0n) is 9.92. The van der Waals surface area contributed by atoms with Crippen molar-refractivity contribution in [3.05, 3.63) is 52.1 Å². The lowest BCUT2D eigenvalue weighted by molar-refractivity contribution is -0.137. The molecule has 2 nitrogen and oxygen atoms in total. The molecule has 0 bridgehead atoms. The van der Waals surface area contributed by atoms with Crippen molar-refractivity contribution in [2.24, 2.45) is 0 Å². The van der Waals surface area contributed by atoms with E-state index < -0.39 is 11.7 Å². The summed E-state index contributed by atoms with van der Waals surface area (Å²) in [6.07, 6.45) is -4.35. The van der Waals surface area contributed by atoms with Crippen LogP contribution in [0, 0.1) is 6.92 Å². The second kappa shape index (κ2) is 5.21. The predicted octanol–water partition coefficient (Wildman–Crippen LogP) is 4.91. The molecule has 2 rings (SSSR count). The molecule has 0 aliphatic rings. The second-order valence-corrected chi connectivity index (χ2v) is 4.82. The maximum absolute atomic E-state index is 12.6. The Kier molecular flexibility index (Phi) is 3.80. The van der Waals surface area contributed by atoms with Crippen LogP contribution in [0.5, 0.6) is 0 Å². The van der Waals surface area contributed by atoms with Gasteiger partial charge in [0.05, 0.1) is 5.56 Å². The van der Waals surface area contributed by atoms with Gasteiger partial charge in [0.25, 0.3) is 0 Å². The van der Waals surface area contributed by atoms with Gasteiger partial charge in [-0.3, -0.25) is 0 Å². The van der Waals surface area contributed by atoms with Crippen LogP contribution in [0.3, 0.4) is 0 Å². The average Bonchev–Trinajstić information content (AvgIpc) is 2.33. The van der Waals surface area contributed by atoms with Gasteiger partial charge in [0.2, 0.25) is 0 Å². The first kappa shape index (κ1) is 13.9. The van der Waals surface area contributed by atoms with Crippen molar-refractivity contribution in [3.63, 3.8) is 0 Å². The van der Waals surface area contributed by atoms with E-state index >= 15 is 0 Å².